The lowest BCUT2D eigenvalue weighted by atomic mass is 9.97. The number of nitrogens with zero attached hydrogens (tertiary/aromatic N) is 2. The van der Waals surface area contributed by atoms with Crippen molar-refractivity contribution >= 4 is 29.3 Å². The van der Waals surface area contributed by atoms with Crippen LogP contribution < -0.4 is 5.32 Å². The summed E-state index contributed by atoms with van der Waals surface area (Å²) in [4.78, 5) is 27.5. The van der Waals surface area contributed by atoms with Crippen LogP contribution in [0.3, 0.4) is 0 Å². The van der Waals surface area contributed by atoms with Crippen LogP contribution in [0.1, 0.15) is 41.5 Å². The zero-order chi connectivity index (χ0) is 24.5. The smallest absolute Gasteiger partial charge is 0.416 e. The van der Waals surface area contributed by atoms with Crippen molar-refractivity contribution in [1.29, 1.82) is 0 Å². The summed E-state index contributed by atoms with van der Waals surface area (Å²) in [6, 6.07) is 7.96. The van der Waals surface area contributed by atoms with Gasteiger partial charge < -0.3 is 10.4 Å². The number of hydrogen-bond acceptors (Lipinski definition) is 3. The summed E-state index contributed by atoms with van der Waals surface area (Å²) in [5, 5.41) is 12.7. The van der Waals surface area contributed by atoms with Crippen LogP contribution in [0.25, 0.3) is 0 Å². The van der Waals surface area contributed by atoms with E-state index in [-0.39, 0.29) is 5.91 Å². The number of hydrogen-bond donors (Lipinski definition) is 2. The molecule has 0 radical (unpaired) electrons. The van der Waals surface area contributed by atoms with Gasteiger partial charge in [0, 0.05) is 36.9 Å². The molecule has 2 aromatic rings. The number of likely N-dealkylation sites (tertiary alicyclic amines) is 1. The minimum Gasteiger partial charge on any atom is -0.465 e. The minimum absolute atomic E-state index is 0.340. The van der Waals surface area contributed by atoms with Crippen molar-refractivity contribution in [2.75, 3.05) is 18.4 Å². The minimum atomic E-state index is -4.36. The fourth-order valence-electron chi connectivity index (χ4n) is 4.60. The van der Waals surface area contributed by atoms with Gasteiger partial charge in [0.15, 0.2) is 0 Å². The summed E-state index contributed by atoms with van der Waals surface area (Å²) in [5.74, 6) is -0.363. The van der Waals surface area contributed by atoms with Gasteiger partial charge in [-0.1, -0.05) is 23.7 Å². The van der Waals surface area contributed by atoms with E-state index in [0.29, 0.717) is 49.7 Å². The first-order chi connectivity index (χ1) is 16.1. The maximum Gasteiger partial charge on any atom is 0.416 e. The quantitative estimate of drug-likeness (QED) is 0.596. The second-order valence-corrected chi connectivity index (χ2v) is 9.14. The predicted octanol–water partition coefficient (Wildman–Crippen LogP) is 5.39. The van der Waals surface area contributed by atoms with Crippen molar-refractivity contribution in [3.8, 4) is 0 Å². The molecule has 1 atom stereocenters. The Kier molecular flexibility index (Phi) is 7.04. The van der Waals surface area contributed by atoms with E-state index in [2.05, 4.69) is 10.2 Å². The molecule has 34 heavy (non-hydrogen) atoms. The normalized spacial score (nSPS) is 18.9. The van der Waals surface area contributed by atoms with E-state index in [9.17, 15) is 27.9 Å². The molecular formula is C24H25ClF3N3O3. The number of amides is 2. The van der Waals surface area contributed by atoms with Crippen LogP contribution in [0.15, 0.2) is 36.4 Å². The Balaban J connectivity index is 1.42. The molecule has 6 nitrogen and oxygen atoms in total. The molecule has 0 bridgehead atoms. The number of anilines is 1. The van der Waals surface area contributed by atoms with Crippen LogP contribution in [-0.4, -0.2) is 46.0 Å². The Labute approximate surface area is 200 Å². The third-order valence-electron chi connectivity index (χ3n) is 6.37. The Bertz CT molecular complexity index is 1080. The molecule has 2 aliphatic rings. The van der Waals surface area contributed by atoms with Gasteiger partial charge in [-0.2, -0.15) is 13.2 Å². The molecule has 1 unspecified atom stereocenters. The zero-order valence-electron chi connectivity index (χ0n) is 18.4. The summed E-state index contributed by atoms with van der Waals surface area (Å²) >= 11 is 6.53. The Morgan fingerprint density at radius 1 is 1.12 bits per heavy atom. The number of halogens is 4. The van der Waals surface area contributed by atoms with Gasteiger partial charge in [-0.3, -0.25) is 14.6 Å². The highest BCUT2D eigenvalue weighted by Gasteiger charge is 2.32. The van der Waals surface area contributed by atoms with Gasteiger partial charge in [0.2, 0.25) is 5.91 Å². The molecule has 10 heteroatoms. The van der Waals surface area contributed by atoms with E-state index in [1.165, 1.54) is 17.0 Å². The van der Waals surface area contributed by atoms with Crippen molar-refractivity contribution < 1.29 is 27.9 Å². The van der Waals surface area contributed by atoms with Crippen LogP contribution in [0.4, 0.5) is 23.7 Å². The molecule has 2 heterocycles. The Hall–Kier alpha value is -2.78. The lowest BCUT2D eigenvalue weighted by Gasteiger charge is -2.33. The fourth-order valence-corrected chi connectivity index (χ4v) is 4.90. The number of fused-ring (bicyclic) bond motifs is 1. The highest BCUT2D eigenvalue weighted by atomic mass is 35.5. The topological polar surface area (TPSA) is 72.9 Å². The molecule has 2 aromatic carbocycles. The molecule has 0 aromatic heterocycles. The zero-order valence-corrected chi connectivity index (χ0v) is 19.1. The van der Waals surface area contributed by atoms with E-state index in [1.807, 2.05) is 6.07 Å². The number of piperidine rings is 1. The first kappa shape index (κ1) is 24.3. The van der Waals surface area contributed by atoms with Gasteiger partial charge in [-0.15, -0.1) is 0 Å². The van der Waals surface area contributed by atoms with Gasteiger partial charge in [-0.05, 0) is 66.6 Å². The van der Waals surface area contributed by atoms with Crippen LogP contribution in [0.5, 0.6) is 0 Å². The molecular weight excluding hydrogens is 471 g/mol. The fraction of sp³-hybridized carbons (Fsp3) is 0.417. The van der Waals surface area contributed by atoms with Crippen molar-refractivity contribution in [1.82, 2.24) is 9.80 Å². The maximum atomic E-state index is 12.8. The number of nitrogens with one attached hydrogen (secondary N) is 1. The average molecular weight is 496 g/mol. The summed E-state index contributed by atoms with van der Waals surface area (Å²) < 4.78 is 38.3. The second-order valence-electron chi connectivity index (χ2n) is 8.73. The van der Waals surface area contributed by atoms with Crippen molar-refractivity contribution in [2.45, 2.75) is 51.0 Å². The average Bonchev–Trinajstić information content (AvgIpc) is 2.79. The number of rotatable bonds is 4. The van der Waals surface area contributed by atoms with E-state index in [4.69, 9.17) is 11.6 Å². The highest BCUT2D eigenvalue weighted by Crippen LogP contribution is 2.32. The lowest BCUT2D eigenvalue weighted by Crippen LogP contribution is -2.49. The SMILES string of the molecule is O=C(Nc1cc(Cl)c2c(c1)CCN(Cc1ccc(C(F)(F)F)cc1)C2)C1CCCCN1C(=O)O. The molecule has 2 aliphatic heterocycles. The van der Waals surface area contributed by atoms with Crippen LogP contribution in [0.2, 0.25) is 5.02 Å². The summed E-state index contributed by atoms with van der Waals surface area (Å²) in [6.45, 7) is 2.07. The molecule has 0 saturated carbocycles. The Morgan fingerprint density at radius 3 is 2.53 bits per heavy atom. The number of alkyl halides is 3. The molecule has 1 saturated heterocycles. The first-order valence-corrected chi connectivity index (χ1v) is 11.5. The summed E-state index contributed by atoms with van der Waals surface area (Å²) in [7, 11) is 0. The second kappa shape index (κ2) is 9.84. The number of carbonyl (C=O) groups excluding carboxylic acids is 1. The lowest BCUT2D eigenvalue weighted by molar-refractivity contribution is -0.137. The molecule has 4 rings (SSSR count). The number of carbonyl (C=O) groups is 2. The number of carboxylic acid groups (broad SMARTS) is 1. The van der Waals surface area contributed by atoms with E-state index in [1.54, 1.807) is 6.07 Å². The molecule has 1 fully saturated rings. The summed E-state index contributed by atoms with van der Waals surface area (Å²) in [6.07, 6.45) is -2.77. The van der Waals surface area contributed by atoms with Gasteiger partial charge in [-0.25, -0.2) is 4.79 Å². The van der Waals surface area contributed by atoms with Crippen molar-refractivity contribution in [2.24, 2.45) is 0 Å². The van der Waals surface area contributed by atoms with Crippen molar-refractivity contribution in [3.05, 3.63) is 63.7 Å². The number of benzene rings is 2. The maximum absolute atomic E-state index is 12.8. The third-order valence-corrected chi connectivity index (χ3v) is 6.71. The van der Waals surface area contributed by atoms with Gasteiger partial charge in [0.25, 0.3) is 0 Å². The molecule has 2 amide bonds. The van der Waals surface area contributed by atoms with Crippen LogP contribution >= 0.6 is 11.6 Å². The van der Waals surface area contributed by atoms with E-state index < -0.39 is 23.9 Å². The third kappa shape index (κ3) is 5.47. The van der Waals surface area contributed by atoms with Crippen molar-refractivity contribution in [3.63, 3.8) is 0 Å². The van der Waals surface area contributed by atoms with E-state index >= 15 is 0 Å². The van der Waals surface area contributed by atoms with Gasteiger partial charge >= 0.3 is 12.3 Å². The first-order valence-electron chi connectivity index (χ1n) is 11.1. The van der Waals surface area contributed by atoms with E-state index in [0.717, 1.165) is 41.7 Å². The standard InChI is InChI=1S/C24H25ClF3N3O3/c25-20-12-18(29-22(32)21-3-1-2-9-31(21)23(33)34)11-16-8-10-30(14-19(16)20)13-15-4-6-17(7-5-15)24(26,27)28/h4-7,11-12,21H,1-3,8-10,13-14H2,(H,29,32)(H,33,34). The largest absolute Gasteiger partial charge is 0.465 e. The highest BCUT2D eigenvalue weighted by molar-refractivity contribution is 6.31. The Morgan fingerprint density at radius 2 is 1.85 bits per heavy atom. The van der Waals surface area contributed by atoms with Crippen LogP contribution in [-0.2, 0) is 30.5 Å². The predicted molar refractivity (Wildman–Crippen MR) is 122 cm³/mol. The molecule has 182 valence electrons. The summed E-state index contributed by atoms with van der Waals surface area (Å²) in [5.41, 5.74) is 2.55. The molecule has 2 N–H and O–H groups in total. The van der Waals surface area contributed by atoms with Gasteiger partial charge in [0.1, 0.15) is 6.04 Å². The molecule has 0 aliphatic carbocycles. The monoisotopic (exact) mass is 495 g/mol. The van der Waals surface area contributed by atoms with Crippen LogP contribution in [0, 0.1) is 0 Å². The van der Waals surface area contributed by atoms with Gasteiger partial charge in [0.05, 0.1) is 5.56 Å². The molecule has 0 spiro atoms.